The molecule has 0 radical (unpaired) electrons. The van der Waals surface area contributed by atoms with Crippen LogP contribution in [0, 0.1) is 0 Å². The van der Waals surface area contributed by atoms with Crippen LogP contribution in [0.5, 0.6) is 5.75 Å². The number of ether oxygens (including phenoxy) is 2. The van der Waals surface area contributed by atoms with Gasteiger partial charge in [-0.3, -0.25) is 0 Å². The molecule has 0 aliphatic carbocycles. The molecule has 0 amide bonds. The van der Waals surface area contributed by atoms with Crippen molar-refractivity contribution in [2.24, 2.45) is 0 Å². The van der Waals surface area contributed by atoms with Gasteiger partial charge in [0.25, 0.3) is 0 Å². The number of hydrogen-bond acceptors (Lipinski definition) is 3. The van der Waals surface area contributed by atoms with Crippen molar-refractivity contribution in [3.8, 4) is 11.4 Å². The highest BCUT2D eigenvalue weighted by Crippen LogP contribution is 2.29. The van der Waals surface area contributed by atoms with Crippen molar-refractivity contribution in [2.75, 3.05) is 6.61 Å². The SMILES string of the molecule is CCOC(=O)C(Oc1ccccc1-n1cccc1)c1ccccc1. The Bertz CT molecular complexity index is 782. The Kier molecular flexibility index (Phi) is 4.96. The topological polar surface area (TPSA) is 40.5 Å². The summed E-state index contributed by atoms with van der Waals surface area (Å²) in [6, 6.07) is 20.9. The van der Waals surface area contributed by atoms with Crippen LogP contribution in [0.4, 0.5) is 0 Å². The summed E-state index contributed by atoms with van der Waals surface area (Å²) in [5, 5.41) is 0. The van der Waals surface area contributed by atoms with Gasteiger partial charge in [0.2, 0.25) is 6.10 Å². The molecule has 1 aromatic heterocycles. The van der Waals surface area contributed by atoms with E-state index in [1.807, 2.05) is 83.7 Å². The smallest absolute Gasteiger partial charge is 0.352 e. The second-order valence-electron chi connectivity index (χ2n) is 5.22. The fourth-order valence-electron chi connectivity index (χ4n) is 2.49. The van der Waals surface area contributed by atoms with Crippen LogP contribution in [0.2, 0.25) is 0 Å². The van der Waals surface area contributed by atoms with Crippen molar-refractivity contribution in [2.45, 2.75) is 13.0 Å². The molecular formula is C20H19NO3. The van der Waals surface area contributed by atoms with Gasteiger partial charge in [0.1, 0.15) is 5.75 Å². The number of esters is 1. The molecule has 122 valence electrons. The molecule has 4 nitrogen and oxygen atoms in total. The fraction of sp³-hybridized carbons (Fsp3) is 0.150. The first-order chi connectivity index (χ1) is 11.8. The minimum Gasteiger partial charge on any atom is -0.472 e. The first kappa shape index (κ1) is 15.9. The highest BCUT2D eigenvalue weighted by Gasteiger charge is 2.25. The fourth-order valence-corrected chi connectivity index (χ4v) is 2.49. The third kappa shape index (κ3) is 3.49. The lowest BCUT2D eigenvalue weighted by Crippen LogP contribution is -2.22. The summed E-state index contributed by atoms with van der Waals surface area (Å²) in [5.74, 6) is 0.224. The maximum Gasteiger partial charge on any atom is 0.352 e. The maximum atomic E-state index is 12.4. The number of rotatable bonds is 6. The van der Waals surface area contributed by atoms with Crippen LogP contribution in [-0.4, -0.2) is 17.1 Å². The van der Waals surface area contributed by atoms with Crippen molar-refractivity contribution in [1.29, 1.82) is 0 Å². The van der Waals surface area contributed by atoms with Crippen molar-refractivity contribution < 1.29 is 14.3 Å². The maximum absolute atomic E-state index is 12.4. The zero-order valence-corrected chi connectivity index (χ0v) is 13.5. The summed E-state index contributed by atoms with van der Waals surface area (Å²) < 4.78 is 13.2. The number of carbonyl (C=O) groups is 1. The second-order valence-corrected chi connectivity index (χ2v) is 5.22. The summed E-state index contributed by atoms with van der Waals surface area (Å²) in [6.45, 7) is 2.10. The lowest BCUT2D eigenvalue weighted by Gasteiger charge is -2.20. The molecule has 3 rings (SSSR count). The third-order valence-corrected chi connectivity index (χ3v) is 3.60. The van der Waals surface area contributed by atoms with Gasteiger partial charge in [0.05, 0.1) is 12.3 Å². The summed E-state index contributed by atoms with van der Waals surface area (Å²) in [5.41, 5.74) is 1.63. The van der Waals surface area contributed by atoms with Crippen molar-refractivity contribution in [3.05, 3.63) is 84.7 Å². The molecule has 0 fully saturated rings. The Labute approximate surface area is 141 Å². The number of carbonyl (C=O) groups excluding carboxylic acids is 1. The van der Waals surface area contributed by atoms with Crippen molar-refractivity contribution in [1.82, 2.24) is 4.57 Å². The van der Waals surface area contributed by atoms with E-state index in [0.717, 1.165) is 11.3 Å². The van der Waals surface area contributed by atoms with Gasteiger partial charge in [-0.1, -0.05) is 42.5 Å². The highest BCUT2D eigenvalue weighted by atomic mass is 16.6. The molecule has 0 aliphatic rings. The predicted molar refractivity (Wildman–Crippen MR) is 92.2 cm³/mol. The molecule has 1 heterocycles. The molecule has 0 aliphatic heterocycles. The standard InChI is InChI=1S/C20H19NO3/c1-2-23-20(22)19(16-10-4-3-5-11-16)24-18-13-7-6-12-17(18)21-14-8-9-15-21/h3-15,19H,2H2,1H3. The van der Waals surface area contributed by atoms with Gasteiger partial charge in [-0.25, -0.2) is 4.79 Å². The molecule has 1 unspecified atom stereocenters. The lowest BCUT2D eigenvalue weighted by atomic mass is 10.1. The van der Waals surface area contributed by atoms with Gasteiger partial charge >= 0.3 is 5.97 Å². The van der Waals surface area contributed by atoms with E-state index in [-0.39, 0.29) is 0 Å². The molecule has 0 N–H and O–H groups in total. The predicted octanol–water partition coefficient (Wildman–Crippen LogP) is 4.16. The minimum absolute atomic E-state index is 0.310. The molecule has 24 heavy (non-hydrogen) atoms. The van der Waals surface area contributed by atoms with Gasteiger partial charge in [0.15, 0.2) is 0 Å². The van der Waals surface area contributed by atoms with E-state index in [1.54, 1.807) is 6.92 Å². The zero-order valence-electron chi connectivity index (χ0n) is 13.5. The quantitative estimate of drug-likeness (QED) is 0.640. The van der Waals surface area contributed by atoms with E-state index in [4.69, 9.17) is 9.47 Å². The van der Waals surface area contributed by atoms with Crippen LogP contribution in [0.1, 0.15) is 18.6 Å². The van der Waals surface area contributed by atoms with E-state index < -0.39 is 12.1 Å². The summed E-state index contributed by atoms with van der Waals surface area (Å²) in [6.07, 6.45) is 3.07. The third-order valence-electron chi connectivity index (χ3n) is 3.60. The molecule has 2 aromatic carbocycles. The molecular weight excluding hydrogens is 302 g/mol. The Hall–Kier alpha value is -3.01. The molecule has 1 atom stereocenters. The number of para-hydroxylation sites is 2. The van der Waals surface area contributed by atoms with Crippen LogP contribution in [0.25, 0.3) is 5.69 Å². The number of nitrogens with zero attached hydrogens (tertiary/aromatic N) is 1. The zero-order chi connectivity index (χ0) is 16.8. The van der Waals surface area contributed by atoms with E-state index in [2.05, 4.69) is 0 Å². The molecule has 0 bridgehead atoms. The largest absolute Gasteiger partial charge is 0.472 e. The number of aromatic nitrogens is 1. The van der Waals surface area contributed by atoms with Crippen molar-refractivity contribution >= 4 is 5.97 Å². The Morgan fingerprint density at radius 2 is 1.62 bits per heavy atom. The van der Waals surface area contributed by atoms with Crippen LogP contribution < -0.4 is 4.74 Å². The summed E-state index contributed by atoms with van der Waals surface area (Å²) in [4.78, 5) is 12.4. The average molecular weight is 321 g/mol. The van der Waals surface area contributed by atoms with E-state index in [1.165, 1.54) is 0 Å². The lowest BCUT2D eigenvalue weighted by molar-refractivity contribution is -0.151. The monoisotopic (exact) mass is 321 g/mol. The molecule has 3 aromatic rings. The molecule has 0 spiro atoms. The van der Waals surface area contributed by atoms with E-state index >= 15 is 0 Å². The molecule has 4 heteroatoms. The van der Waals surface area contributed by atoms with Gasteiger partial charge in [-0.2, -0.15) is 0 Å². The Balaban J connectivity index is 1.95. The first-order valence-electron chi connectivity index (χ1n) is 7.90. The average Bonchev–Trinajstić information content (AvgIpc) is 3.15. The van der Waals surface area contributed by atoms with Crippen LogP contribution in [0.3, 0.4) is 0 Å². The molecule has 0 saturated heterocycles. The molecule has 0 saturated carbocycles. The number of hydrogen-bond donors (Lipinski definition) is 0. The summed E-state index contributed by atoms with van der Waals surface area (Å²) >= 11 is 0. The first-order valence-corrected chi connectivity index (χ1v) is 7.90. The Morgan fingerprint density at radius 1 is 0.958 bits per heavy atom. The van der Waals surface area contributed by atoms with Crippen LogP contribution in [-0.2, 0) is 9.53 Å². The van der Waals surface area contributed by atoms with Gasteiger partial charge in [-0.05, 0) is 31.2 Å². The summed E-state index contributed by atoms with van der Waals surface area (Å²) in [7, 11) is 0. The second kappa shape index (κ2) is 7.51. The normalized spacial score (nSPS) is 11.7. The van der Waals surface area contributed by atoms with Gasteiger partial charge in [-0.15, -0.1) is 0 Å². The van der Waals surface area contributed by atoms with E-state index in [9.17, 15) is 4.79 Å². The Morgan fingerprint density at radius 3 is 2.33 bits per heavy atom. The van der Waals surface area contributed by atoms with Gasteiger partial charge in [0, 0.05) is 18.0 Å². The van der Waals surface area contributed by atoms with Crippen LogP contribution >= 0.6 is 0 Å². The highest BCUT2D eigenvalue weighted by molar-refractivity contribution is 5.77. The van der Waals surface area contributed by atoms with Crippen LogP contribution in [0.15, 0.2) is 79.1 Å². The van der Waals surface area contributed by atoms with E-state index in [0.29, 0.717) is 12.4 Å². The number of benzene rings is 2. The van der Waals surface area contributed by atoms with Crippen molar-refractivity contribution in [3.63, 3.8) is 0 Å². The minimum atomic E-state index is -0.803. The van der Waals surface area contributed by atoms with Gasteiger partial charge < -0.3 is 14.0 Å².